The summed E-state index contributed by atoms with van der Waals surface area (Å²) >= 11 is 0. The largest absolute Gasteiger partial charge is 0.414 e. The van der Waals surface area contributed by atoms with Crippen LogP contribution in [0.4, 0.5) is 0 Å². The second-order valence-corrected chi connectivity index (χ2v) is 20.9. The molecule has 0 saturated carbocycles. The molecule has 1 saturated heterocycles. The normalized spacial score (nSPS) is 23.7. The van der Waals surface area contributed by atoms with E-state index in [2.05, 4.69) is 72.7 Å². The summed E-state index contributed by atoms with van der Waals surface area (Å²) in [5.74, 6) is 0. The van der Waals surface area contributed by atoms with E-state index >= 15 is 0 Å². The summed E-state index contributed by atoms with van der Waals surface area (Å²) in [5.41, 5.74) is -0.884. The minimum atomic E-state index is -2.05. The molecule has 1 aliphatic rings. The van der Waals surface area contributed by atoms with Gasteiger partial charge >= 0.3 is 5.69 Å². The zero-order valence-corrected chi connectivity index (χ0v) is 22.3. The SMILES string of the molecule is CC(C)(C)[Si](C)(C)OC[C@H]1O[C@@H](n2ccc(=O)[15nH]c2=O)C[C@@H]1O[Si](C)(C)C(C)(C)C. The molecule has 172 valence electrons. The van der Waals surface area contributed by atoms with Gasteiger partial charge in [0.1, 0.15) is 12.3 Å². The Morgan fingerprint density at radius 3 is 2.13 bits per heavy atom. The minimum absolute atomic E-state index is 0.0603. The third-order valence-electron chi connectivity index (χ3n) is 7.01. The molecule has 1 aromatic rings. The van der Waals surface area contributed by atoms with Gasteiger partial charge in [-0.2, -0.15) is 0 Å². The van der Waals surface area contributed by atoms with Gasteiger partial charge in [-0.1, -0.05) is 41.5 Å². The summed E-state index contributed by atoms with van der Waals surface area (Å²) in [4.78, 5) is 26.1. The molecule has 1 aliphatic heterocycles. The molecule has 1 fully saturated rings. The molecule has 3 atom stereocenters. The van der Waals surface area contributed by atoms with Crippen LogP contribution < -0.4 is 11.2 Å². The fourth-order valence-corrected chi connectivity index (χ4v) is 5.23. The van der Waals surface area contributed by atoms with Crippen molar-refractivity contribution in [1.82, 2.24) is 9.55 Å². The van der Waals surface area contributed by atoms with Gasteiger partial charge < -0.3 is 13.6 Å². The van der Waals surface area contributed by atoms with Crippen LogP contribution >= 0.6 is 0 Å². The fourth-order valence-electron chi connectivity index (χ4n) is 2.86. The van der Waals surface area contributed by atoms with Crippen LogP contribution in [0.15, 0.2) is 21.9 Å². The molecule has 1 aromatic heterocycles. The van der Waals surface area contributed by atoms with E-state index < -0.39 is 34.1 Å². The Labute approximate surface area is 182 Å². The van der Waals surface area contributed by atoms with Crippen LogP contribution in [-0.2, 0) is 13.6 Å². The highest BCUT2D eigenvalue weighted by Gasteiger charge is 2.46. The molecule has 1 N–H and O–H groups in total. The van der Waals surface area contributed by atoms with Gasteiger partial charge in [0.05, 0.1) is 12.7 Å². The lowest BCUT2D eigenvalue weighted by molar-refractivity contribution is -0.0412. The number of rotatable bonds is 6. The first-order chi connectivity index (χ1) is 13.4. The Hall–Kier alpha value is -1.01. The third-order valence-corrected chi connectivity index (χ3v) is 16.0. The first-order valence-electron chi connectivity index (χ1n) is 10.7. The van der Waals surface area contributed by atoms with E-state index in [4.69, 9.17) is 13.6 Å². The Morgan fingerprint density at radius 1 is 1.07 bits per heavy atom. The van der Waals surface area contributed by atoms with Crippen molar-refractivity contribution in [1.29, 1.82) is 0 Å². The summed E-state index contributed by atoms with van der Waals surface area (Å²) in [6, 6.07) is 1.34. The topological polar surface area (TPSA) is 82.5 Å². The van der Waals surface area contributed by atoms with Crippen molar-refractivity contribution < 1.29 is 13.6 Å². The van der Waals surface area contributed by atoms with E-state index in [1.54, 1.807) is 0 Å². The van der Waals surface area contributed by atoms with Gasteiger partial charge in [-0.05, 0) is 36.3 Å². The summed E-state index contributed by atoms with van der Waals surface area (Å²) in [6.45, 7) is 22.6. The lowest BCUT2D eigenvalue weighted by Crippen LogP contribution is -2.48. The van der Waals surface area contributed by atoms with Gasteiger partial charge in [-0.25, -0.2) is 4.79 Å². The number of nitrogens with one attached hydrogen (secondary N) is 1. The predicted octanol–water partition coefficient (Wildman–Crippen LogP) is 4.24. The van der Waals surface area contributed by atoms with Crippen molar-refractivity contribution in [2.45, 2.75) is 103 Å². The monoisotopic (exact) mass is 457 g/mol. The second kappa shape index (κ2) is 8.50. The van der Waals surface area contributed by atoms with Gasteiger partial charge in [0.25, 0.3) is 5.56 Å². The summed E-state index contributed by atoms with van der Waals surface area (Å²) < 4.78 is 20.9. The van der Waals surface area contributed by atoms with Crippen molar-refractivity contribution in [2.75, 3.05) is 6.61 Å². The number of H-pyrrole nitrogens is 1. The van der Waals surface area contributed by atoms with Crippen LogP contribution in [0.3, 0.4) is 0 Å². The van der Waals surface area contributed by atoms with Crippen molar-refractivity contribution in [3.05, 3.63) is 33.1 Å². The van der Waals surface area contributed by atoms with Gasteiger partial charge in [0.2, 0.25) is 0 Å². The summed E-state index contributed by atoms with van der Waals surface area (Å²) in [6.07, 6.45) is 1.12. The molecule has 7 nitrogen and oxygen atoms in total. The van der Waals surface area contributed by atoms with Gasteiger partial charge in [-0.15, -0.1) is 0 Å². The van der Waals surface area contributed by atoms with Crippen LogP contribution in [0, 0.1) is 0 Å². The summed E-state index contributed by atoms with van der Waals surface area (Å²) in [5, 5.41) is 0.154. The average Bonchev–Trinajstić information content (AvgIpc) is 2.92. The molecule has 0 bridgehead atoms. The lowest BCUT2D eigenvalue weighted by Gasteiger charge is -2.40. The Bertz CT molecular complexity index is 848. The smallest absolute Gasteiger partial charge is 0.330 e. The van der Waals surface area contributed by atoms with Gasteiger partial charge in [0, 0.05) is 18.7 Å². The van der Waals surface area contributed by atoms with Crippen molar-refractivity contribution in [3.8, 4) is 0 Å². The molecule has 0 aromatic carbocycles. The molecular weight excluding hydrogens is 417 g/mol. The second-order valence-electron chi connectivity index (χ2n) is 11.4. The minimum Gasteiger partial charge on any atom is -0.414 e. The molecule has 0 radical (unpaired) electrons. The number of ether oxygens (including phenoxy) is 1. The van der Waals surface area contributed by atoms with E-state index in [0.717, 1.165) is 0 Å². The molecule has 30 heavy (non-hydrogen) atoms. The average molecular weight is 458 g/mol. The van der Waals surface area contributed by atoms with Gasteiger partial charge in [0.15, 0.2) is 16.6 Å². The first-order valence-corrected chi connectivity index (χ1v) is 16.5. The standard InChI is InChI=1S/C21H40N2O5Si2/c1-20(2,3)29(7,8)26-14-16-15(28-30(9,10)21(4,5)6)13-18(27-16)23-12-11-17(24)22-19(23)25/h11-12,15-16,18H,13-14H2,1-10H3,(H,22,24,25)/t15-,16+,18+/m0/s1/i22+1. The Morgan fingerprint density at radius 2 is 1.63 bits per heavy atom. The van der Waals surface area contributed by atoms with E-state index in [-0.39, 0.29) is 22.3 Å². The van der Waals surface area contributed by atoms with Crippen LogP contribution in [0.5, 0.6) is 0 Å². The van der Waals surface area contributed by atoms with E-state index in [0.29, 0.717) is 13.0 Å². The third kappa shape index (κ3) is 5.61. The molecule has 0 aliphatic carbocycles. The van der Waals surface area contributed by atoms with Crippen molar-refractivity contribution in [2.24, 2.45) is 0 Å². The first kappa shape index (κ1) is 25.3. The predicted molar refractivity (Wildman–Crippen MR) is 125 cm³/mol. The number of nitrogens with zero attached hydrogens (tertiary/aromatic N) is 1. The highest BCUT2D eigenvalue weighted by Crippen LogP contribution is 2.42. The van der Waals surface area contributed by atoms with E-state index in [1.165, 1.54) is 16.8 Å². The van der Waals surface area contributed by atoms with Crippen molar-refractivity contribution >= 4 is 16.6 Å². The maximum Gasteiger partial charge on any atom is 0.330 e. The number of hydrogen-bond donors (Lipinski definition) is 1. The summed E-state index contributed by atoms with van der Waals surface area (Å²) in [7, 11) is -4.00. The fraction of sp³-hybridized carbons (Fsp3) is 0.810. The number of hydrogen-bond acceptors (Lipinski definition) is 5. The number of aromatic amines is 1. The number of aromatic nitrogens is 2. The molecule has 2 heterocycles. The Balaban J connectivity index is 2.28. The van der Waals surface area contributed by atoms with E-state index in [9.17, 15) is 9.59 Å². The molecule has 0 amide bonds. The quantitative estimate of drug-likeness (QED) is 0.646. The molecule has 0 unspecified atom stereocenters. The van der Waals surface area contributed by atoms with Crippen LogP contribution in [-0.4, -0.2) is 45.0 Å². The molecule has 0 spiro atoms. The van der Waals surface area contributed by atoms with Crippen molar-refractivity contribution in [3.63, 3.8) is 0 Å². The van der Waals surface area contributed by atoms with Gasteiger partial charge in [-0.3, -0.25) is 14.3 Å². The van der Waals surface area contributed by atoms with Crippen LogP contribution in [0.25, 0.3) is 0 Å². The molecule has 2 rings (SSSR count). The highest BCUT2D eigenvalue weighted by molar-refractivity contribution is 6.74. The zero-order valence-electron chi connectivity index (χ0n) is 20.3. The zero-order chi connectivity index (χ0) is 23.1. The van der Waals surface area contributed by atoms with E-state index in [1.807, 2.05) is 0 Å². The van der Waals surface area contributed by atoms with Crippen LogP contribution in [0.2, 0.25) is 36.3 Å². The lowest BCUT2D eigenvalue weighted by atomic mass is 10.2. The van der Waals surface area contributed by atoms with Crippen LogP contribution in [0.1, 0.15) is 54.2 Å². The molecular formula is C21H40N2O5Si2. The molecule has 9 heteroatoms. The highest BCUT2D eigenvalue weighted by atomic mass is 28.4. The Kier molecular flexibility index (Phi) is 7.15. The maximum atomic E-state index is 12.3. The maximum absolute atomic E-state index is 12.3.